The molecule has 0 aliphatic carbocycles. The van der Waals surface area contributed by atoms with Crippen LogP contribution in [0.2, 0.25) is 0 Å². The van der Waals surface area contributed by atoms with Crippen LogP contribution in [0, 0.1) is 0 Å². The highest BCUT2D eigenvalue weighted by Crippen LogP contribution is 2.28. The summed E-state index contributed by atoms with van der Waals surface area (Å²) in [7, 11) is 2.11. The van der Waals surface area contributed by atoms with E-state index in [1.54, 1.807) is 11.3 Å². The maximum atomic E-state index is 12.6. The van der Waals surface area contributed by atoms with Crippen LogP contribution >= 0.6 is 11.3 Å². The number of nitrogens with zero attached hydrogens (tertiary/aromatic N) is 3. The maximum absolute atomic E-state index is 12.6. The van der Waals surface area contributed by atoms with Gasteiger partial charge in [-0.1, -0.05) is 12.1 Å². The molecular weight excluding hydrogens is 372 g/mol. The van der Waals surface area contributed by atoms with E-state index < -0.39 is 0 Å². The molecule has 0 saturated carbocycles. The molecule has 1 N–H and O–H groups in total. The fraction of sp³-hybridized carbons (Fsp3) is 0.524. The average Bonchev–Trinajstić information content (AvgIpc) is 3.02. The predicted molar refractivity (Wildman–Crippen MR) is 112 cm³/mol. The van der Waals surface area contributed by atoms with Crippen molar-refractivity contribution in [3.05, 3.63) is 46.0 Å². The van der Waals surface area contributed by atoms with E-state index in [-0.39, 0.29) is 18.1 Å². The zero-order chi connectivity index (χ0) is 19.7. The molecule has 2 aliphatic heterocycles. The molecule has 6 nitrogen and oxygen atoms in total. The van der Waals surface area contributed by atoms with Gasteiger partial charge in [0.15, 0.2) is 5.13 Å². The number of aromatic nitrogens is 1. The Morgan fingerprint density at radius 1 is 1.25 bits per heavy atom. The number of likely N-dealkylation sites (N-methyl/N-ethyl adjacent to an activating group) is 1. The van der Waals surface area contributed by atoms with Crippen molar-refractivity contribution in [1.29, 1.82) is 0 Å². The van der Waals surface area contributed by atoms with Crippen LogP contribution in [0.4, 0.5) is 5.13 Å². The lowest BCUT2D eigenvalue weighted by atomic mass is 10.1. The second-order valence-electron chi connectivity index (χ2n) is 7.98. The molecule has 2 aromatic rings. The number of hydrogen-bond donors (Lipinski definition) is 1. The molecular formula is C21H28N4O2S. The van der Waals surface area contributed by atoms with Crippen molar-refractivity contribution in [2.45, 2.75) is 45.6 Å². The monoisotopic (exact) mass is 400 g/mol. The van der Waals surface area contributed by atoms with Gasteiger partial charge in [0, 0.05) is 49.6 Å². The van der Waals surface area contributed by atoms with Crippen LogP contribution in [0.5, 0.6) is 0 Å². The smallest absolute Gasteiger partial charge is 0.257 e. The summed E-state index contributed by atoms with van der Waals surface area (Å²) in [5.74, 6) is -0.0976. The summed E-state index contributed by atoms with van der Waals surface area (Å²) < 4.78 is 5.80. The highest BCUT2D eigenvalue weighted by Gasteiger charge is 2.22. The summed E-state index contributed by atoms with van der Waals surface area (Å²) in [5.41, 5.74) is 3.01. The largest absolute Gasteiger partial charge is 0.373 e. The summed E-state index contributed by atoms with van der Waals surface area (Å²) in [6, 6.07) is 7.89. The van der Waals surface area contributed by atoms with E-state index in [9.17, 15) is 4.79 Å². The summed E-state index contributed by atoms with van der Waals surface area (Å²) >= 11 is 1.59. The first-order valence-electron chi connectivity index (χ1n) is 9.91. The molecule has 2 aliphatic rings. The zero-order valence-corrected chi connectivity index (χ0v) is 17.6. The number of amides is 1. The first-order chi connectivity index (χ1) is 13.5. The topological polar surface area (TPSA) is 57.7 Å². The SMILES string of the molecule is CC1CN(Cc2ccc(C(=O)Nc3nc4c(s3)CN(C)CC4)cc2)CC(C)O1. The average molecular weight is 401 g/mol. The highest BCUT2D eigenvalue weighted by molar-refractivity contribution is 7.15. The van der Waals surface area contributed by atoms with Gasteiger partial charge in [0.05, 0.1) is 17.9 Å². The number of morpholine rings is 1. The van der Waals surface area contributed by atoms with E-state index in [0.29, 0.717) is 10.7 Å². The molecule has 3 heterocycles. The van der Waals surface area contributed by atoms with Gasteiger partial charge in [0.1, 0.15) is 0 Å². The van der Waals surface area contributed by atoms with Crippen molar-refractivity contribution in [3.63, 3.8) is 0 Å². The lowest BCUT2D eigenvalue weighted by Crippen LogP contribution is -2.44. The normalized spacial score (nSPS) is 23.4. The van der Waals surface area contributed by atoms with Gasteiger partial charge >= 0.3 is 0 Å². The van der Waals surface area contributed by atoms with Crippen LogP contribution in [0.3, 0.4) is 0 Å². The van der Waals surface area contributed by atoms with Crippen LogP contribution in [0.15, 0.2) is 24.3 Å². The molecule has 4 rings (SSSR count). The highest BCUT2D eigenvalue weighted by atomic mass is 32.1. The van der Waals surface area contributed by atoms with Crippen molar-refractivity contribution < 1.29 is 9.53 Å². The quantitative estimate of drug-likeness (QED) is 0.855. The lowest BCUT2D eigenvalue weighted by molar-refractivity contribution is -0.0704. The van der Waals surface area contributed by atoms with Crippen molar-refractivity contribution in [1.82, 2.24) is 14.8 Å². The van der Waals surface area contributed by atoms with Gasteiger partial charge in [-0.25, -0.2) is 4.98 Å². The van der Waals surface area contributed by atoms with Crippen LogP contribution < -0.4 is 5.32 Å². The minimum atomic E-state index is -0.0976. The Morgan fingerprint density at radius 2 is 1.96 bits per heavy atom. The Kier molecular flexibility index (Phi) is 5.78. The first-order valence-corrected chi connectivity index (χ1v) is 10.7. The van der Waals surface area contributed by atoms with E-state index in [0.717, 1.165) is 44.8 Å². The number of ether oxygens (including phenoxy) is 1. The van der Waals surface area contributed by atoms with Crippen LogP contribution in [0.25, 0.3) is 0 Å². The Labute approximate surface area is 170 Å². The van der Waals surface area contributed by atoms with Crippen LogP contribution in [-0.2, 0) is 24.2 Å². The van der Waals surface area contributed by atoms with E-state index in [1.165, 1.54) is 10.4 Å². The minimum absolute atomic E-state index is 0.0976. The van der Waals surface area contributed by atoms with E-state index in [4.69, 9.17) is 4.74 Å². The Bertz CT molecular complexity index is 825. The van der Waals surface area contributed by atoms with Crippen molar-refractivity contribution in [3.8, 4) is 0 Å². The predicted octanol–water partition coefficient (Wildman–Crippen LogP) is 2.99. The number of carbonyl (C=O) groups excluding carboxylic acids is 1. The molecule has 0 bridgehead atoms. The Balaban J connectivity index is 1.36. The van der Waals surface area contributed by atoms with Gasteiger partial charge in [-0.05, 0) is 38.6 Å². The van der Waals surface area contributed by atoms with Crippen LogP contribution in [0.1, 0.15) is 40.3 Å². The molecule has 1 amide bonds. The molecule has 0 spiro atoms. The Hall–Kier alpha value is -1.80. The number of rotatable bonds is 4. The summed E-state index contributed by atoms with van der Waals surface area (Å²) in [5, 5.41) is 3.67. The molecule has 150 valence electrons. The van der Waals surface area contributed by atoms with Crippen molar-refractivity contribution in [2.24, 2.45) is 0 Å². The molecule has 1 saturated heterocycles. The van der Waals surface area contributed by atoms with Crippen molar-refractivity contribution in [2.75, 3.05) is 32.0 Å². The van der Waals surface area contributed by atoms with Gasteiger partial charge in [0.2, 0.25) is 0 Å². The number of benzene rings is 1. The number of carbonyl (C=O) groups is 1. The number of thiazole rings is 1. The summed E-state index contributed by atoms with van der Waals surface area (Å²) in [6.07, 6.45) is 1.47. The first kappa shape index (κ1) is 19.5. The van der Waals surface area contributed by atoms with Gasteiger partial charge < -0.3 is 9.64 Å². The summed E-state index contributed by atoms with van der Waals surface area (Å²) in [4.78, 5) is 23.1. The second kappa shape index (κ2) is 8.29. The Morgan fingerprint density at radius 3 is 2.68 bits per heavy atom. The van der Waals surface area contributed by atoms with Crippen molar-refractivity contribution >= 4 is 22.4 Å². The third kappa shape index (κ3) is 4.60. The molecule has 1 fully saturated rings. The van der Waals surface area contributed by atoms with Gasteiger partial charge in [-0.15, -0.1) is 11.3 Å². The van der Waals surface area contributed by atoms with Gasteiger partial charge in [-0.3, -0.25) is 15.0 Å². The van der Waals surface area contributed by atoms with Gasteiger partial charge in [-0.2, -0.15) is 0 Å². The van der Waals surface area contributed by atoms with E-state index >= 15 is 0 Å². The molecule has 2 atom stereocenters. The van der Waals surface area contributed by atoms with E-state index in [1.807, 2.05) is 24.3 Å². The molecule has 7 heteroatoms. The number of fused-ring (bicyclic) bond motifs is 1. The third-order valence-corrected chi connectivity index (χ3v) is 6.26. The van der Waals surface area contributed by atoms with Gasteiger partial charge in [0.25, 0.3) is 5.91 Å². The fourth-order valence-corrected chi connectivity index (χ4v) is 5.06. The van der Waals surface area contributed by atoms with E-state index in [2.05, 4.69) is 41.0 Å². The summed E-state index contributed by atoms with van der Waals surface area (Å²) in [6.45, 7) is 8.93. The molecule has 2 unspecified atom stereocenters. The zero-order valence-electron chi connectivity index (χ0n) is 16.8. The molecule has 28 heavy (non-hydrogen) atoms. The fourth-order valence-electron chi connectivity index (χ4n) is 3.98. The maximum Gasteiger partial charge on any atom is 0.257 e. The molecule has 0 radical (unpaired) electrons. The molecule has 1 aromatic heterocycles. The van der Waals surface area contributed by atoms with Crippen LogP contribution in [-0.4, -0.2) is 59.6 Å². The second-order valence-corrected chi connectivity index (χ2v) is 9.06. The molecule has 1 aromatic carbocycles. The minimum Gasteiger partial charge on any atom is -0.373 e. The number of hydrogen-bond acceptors (Lipinski definition) is 6. The number of nitrogens with one attached hydrogen (secondary N) is 1. The number of anilines is 1. The standard InChI is InChI=1S/C21H28N4O2S/c1-14-10-25(11-15(2)27-14)12-16-4-6-17(7-5-16)20(26)23-21-22-18-8-9-24(3)13-19(18)28-21/h4-7,14-15H,8-13H2,1-3H3,(H,22,23,26). The lowest BCUT2D eigenvalue weighted by Gasteiger charge is -2.35. The third-order valence-electron chi connectivity index (χ3n) is 5.26.